The molecule has 15 heavy (non-hydrogen) atoms. The van der Waals surface area contributed by atoms with Crippen LogP contribution in [0.2, 0.25) is 0 Å². The number of pyridine rings is 1. The lowest BCUT2D eigenvalue weighted by molar-refractivity contribution is 0.627. The van der Waals surface area contributed by atoms with Gasteiger partial charge >= 0.3 is 0 Å². The fourth-order valence-electron chi connectivity index (χ4n) is 1.00. The molecular formula is C11H7FN2S. The molecule has 2 heterocycles. The molecule has 0 spiro atoms. The van der Waals surface area contributed by atoms with Gasteiger partial charge in [0, 0.05) is 11.8 Å². The zero-order valence-electron chi connectivity index (χ0n) is 7.70. The van der Waals surface area contributed by atoms with Gasteiger partial charge in [-0.25, -0.2) is 9.37 Å². The number of thiophene rings is 1. The molecule has 2 nitrogen and oxygen atoms in total. The molecule has 0 unspecified atom stereocenters. The monoisotopic (exact) mass is 218 g/mol. The molecule has 0 saturated heterocycles. The highest BCUT2D eigenvalue weighted by Crippen LogP contribution is 2.09. The first-order valence-corrected chi connectivity index (χ1v) is 5.10. The van der Waals surface area contributed by atoms with E-state index in [4.69, 9.17) is 5.73 Å². The van der Waals surface area contributed by atoms with Crippen LogP contribution in [-0.2, 0) is 0 Å². The number of nitrogens with zero attached hydrogens (tertiary/aromatic N) is 1. The van der Waals surface area contributed by atoms with Crippen LogP contribution in [0.25, 0.3) is 0 Å². The maximum atomic E-state index is 13.0. The average Bonchev–Trinajstić information content (AvgIpc) is 2.73. The van der Waals surface area contributed by atoms with Crippen LogP contribution in [0.3, 0.4) is 0 Å². The third-order valence-corrected chi connectivity index (χ3v) is 2.51. The Morgan fingerprint density at radius 1 is 1.40 bits per heavy atom. The molecule has 0 fully saturated rings. The van der Waals surface area contributed by atoms with Gasteiger partial charge in [0.2, 0.25) is 0 Å². The maximum Gasteiger partial charge on any atom is 0.166 e. The predicted molar refractivity (Wildman–Crippen MR) is 58.9 cm³/mol. The van der Waals surface area contributed by atoms with E-state index >= 15 is 0 Å². The second kappa shape index (κ2) is 4.11. The van der Waals surface area contributed by atoms with E-state index in [1.54, 1.807) is 0 Å². The minimum atomic E-state index is -0.534. The van der Waals surface area contributed by atoms with Gasteiger partial charge in [-0.3, -0.25) is 0 Å². The van der Waals surface area contributed by atoms with Crippen molar-refractivity contribution in [2.75, 3.05) is 5.73 Å². The maximum absolute atomic E-state index is 13.0. The molecule has 0 saturated carbocycles. The lowest BCUT2D eigenvalue weighted by Gasteiger charge is -1.94. The Balaban J connectivity index is 2.28. The van der Waals surface area contributed by atoms with E-state index in [9.17, 15) is 4.39 Å². The van der Waals surface area contributed by atoms with Crippen molar-refractivity contribution in [3.05, 3.63) is 46.0 Å². The van der Waals surface area contributed by atoms with Crippen LogP contribution >= 0.6 is 11.3 Å². The Bertz CT molecular complexity index is 523. The molecule has 0 aliphatic rings. The zero-order valence-corrected chi connectivity index (χ0v) is 8.51. The van der Waals surface area contributed by atoms with E-state index < -0.39 is 5.82 Å². The summed E-state index contributed by atoms with van der Waals surface area (Å²) in [5, 5.41) is 1.94. The van der Waals surface area contributed by atoms with Gasteiger partial charge in [-0.15, -0.1) is 11.3 Å². The van der Waals surface area contributed by atoms with Crippen molar-refractivity contribution >= 4 is 17.2 Å². The fourth-order valence-corrected chi connectivity index (χ4v) is 1.57. The van der Waals surface area contributed by atoms with E-state index in [2.05, 4.69) is 16.8 Å². The van der Waals surface area contributed by atoms with Gasteiger partial charge in [-0.2, -0.15) is 0 Å². The highest BCUT2D eigenvalue weighted by Gasteiger charge is 1.98. The summed E-state index contributed by atoms with van der Waals surface area (Å²) in [6.45, 7) is 0. The van der Waals surface area contributed by atoms with Crippen molar-refractivity contribution in [3.63, 3.8) is 0 Å². The number of nitrogen functional groups attached to an aromatic ring is 1. The highest BCUT2D eigenvalue weighted by molar-refractivity contribution is 7.10. The molecule has 0 radical (unpaired) electrons. The molecular weight excluding hydrogens is 211 g/mol. The standard InChI is InChI=1S/C11H7FN2S/c12-10-6-8(7-14-11(10)13)3-4-9-2-1-5-15-9/h1-2,5-7H,(H2,13,14). The number of nitrogens with two attached hydrogens (primary N) is 1. The van der Waals surface area contributed by atoms with E-state index in [1.165, 1.54) is 23.6 Å². The summed E-state index contributed by atoms with van der Waals surface area (Å²) in [6, 6.07) is 5.10. The number of aromatic nitrogens is 1. The van der Waals surface area contributed by atoms with Crippen LogP contribution < -0.4 is 5.73 Å². The van der Waals surface area contributed by atoms with Crippen LogP contribution in [0.4, 0.5) is 10.2 Å². The average molecular weight is 218 g/mol. The molecule has 0 aliphatic heterocycles. The molecule has 0 bridgehead atoms. The van der Waals surface area contributed by atoms with Crippen molar-refractivity contribution in [2.24, 2.45) is 0 Å². The van der Waals surface area contributed by atoms with E-state index in [0.29, 0.717) is 5.56 Å². The van der Waals surface area contributed by atoms with Gasteiger partial charge in [0.1, 0.15) is 0 Å². The summed E-state index contributed by atoms with van der Waals surface area (Å²) in [7, 11) is 0. The quantitative estimate of drug-likeness (QED) is 0.689. The molecule has 2 aromatic rings. The SMILES string of the molecule is Nc1ncc(C#Cc2cccs2)cc1F. The Hall–Kier alpha value is -1.86. The topological polar surface area (TPSA) is 38.9 Å². The van der Waals surface area contributed by atoms with Crippen molar-refractivity contribution in [1.29, 1.82) is 0 Å². The minimum Gasteiger partial charge on any atom is -0.381 e. The summed E-state index contributed by atoms with van der Waals surface area (Å²) in [5.74, 6) is 5.09. The molecule has 0 aliphatic carbocycles. The molecule has 4 heteroatoms. The normalized spacial score (nSPS) is 9.40. The van der Waals surface area contributed by atoms with Crippen LogP contribution in [0.1, 0.15) is 10.4 Å². The van der Waals surface area contributed by atoms with Gasteiger partial charge in [0.25, 0.3) is 0 Å². The van der Waals surface area contributed by atoms with Crippen LogP contribution in [0.5, 0.6) is 0 Å². The summed E-state index contributed by atoms with van der Waals surface area (Å²) in [4.78, 5) is 4.62. The third kappa shape index (κ3) is 2.33. The second-order valence-corrected chi connectivity index (χ2v) is 3.77. The molecule has 2 N–H and O–H groups in total. The number of halogens is 1. The zero-order chi connectivity index (χ0) is 10.7. The molecule has 0 amide bonds. The van der Waals surface area contributed by atoms with Gasteiger partial charge in [0.15, 0.2) is 11.6 Å². The van der Waals surface area contributed by atoms with E-state index in [-0.39, 0.29) is 5.82 Å². The van der Waals surface area contributed by atoms with Crippen molar-refractivity contribution < 1.29 is 4.39 Å². The van der Waals surface area contributed by atoms with Crippen molar-refractivity contribution in [1.82, 2.24) is 4.98 Å². The van der Waals surface area contributed by atoms with Crippen LogP contribution in [-0.4, -0.2) is 4.98 Å². The highest BCUT2D eigenvalue weighted by atomic mass is 32.1. The minimum absolute atomic E-state index is 0.100. The lowest BCUT2D eigenvalue weighted by Crippen LogP contribution is -1.94. The Morgan fingerprint density at radius 2 is 2.27 bits per heavy atom. The molecule has 0 atom stereocenters. The first-order chi connectivity index (χ1) is 7.25. The smallest absolute Gasteiger partial charge is 0.166 e. The lowest BCUT2D eigenvalue weighted by atomic mass is 10.2. The van der Waals surface area contributed by atoms with Crippen LogP contribution in [0.15, 0.2) is 29.8 Å². The van der Waals surface area contributed by atoms with Crippen molar-refractivity contribution in [3.8, 4) is 11.8 Å². The fraction of sp³-hybridized carbons (Fsp3) is 0. The summed E-state index contributed by atoms with van der Waals surface area (Å²) < 4.78 is 13.0. The summed E-state index contributed by atoms with van der Waals surface area (Å²) >= 11 is 1.54. The second-order valence-electron chi connectivity index (χ2n) is 2.82. The molecule has 74 valence electrons. The Morgan fingerprint density at radius 3 is 2.93 bits per heavy atom. The van der Waals surface area contributed by atoms with Gasteiger partial charge in [-0.1, -0.05) is 17.9 Å². The largest absolute Gasteiger partial charge is 0.381 e. The Labute approximate surface area is 90.6 Å². The molecule has 2 rings (SSSR count). The number of anilines is 1. The summed E-state index contributed by atoms with van der Waals surface area (Å²) in [6.07, 6.45) is 1.46. The number of hydrogen-bond donors (Lipinski definition) is 1. The third-order valence-electron chi connectivity index (χ3n) is 1.72. The van der Waals surface area contributed by atoms with E-state index in [1.807, 2.05) is 17.5 Å². The predicted octanol–water partition coefficient (Wildman–Crippen LogP) is 2.26. The Kier molecular flexibility index (Phi) is 2.66. The van der Waals surface area contributed by atoms with Gasteiger partial charge in [0.05, 0.1) is 4.88 Å². The van der Waals surface area contributed by atoms with E-state index in [0.717, 1.165) is 4.88 Å². The van der Waals surface area contributed by atoms with Crippen LogP contribution in [0, 0.1) is 17.7 Å². The molecule has 2 aromatic heterocycles. The van der Waals surface area contributed by atoms with Gasteiger partial charge < -0.3 is 5.73 Å². The number of rotatable bonds is 0. The number of hydrogen-bond acceptors (Lipinski definition) is 3. The first kappa shape index (κ1) is 9.69. The van der Waals surface area contributed by atoms with Gasteiger partial charge in [-0.05, 0) is 17.5 Å². The summed E-state index contributed by atoms with van der Waals surface area (Å²) in [5.41, 5.74) is 5.77. The first-order valence-electron chi connectivity index (χ1n) is 4.22. The van der Waals surface area contributed by atoms with Crippen molar-refractivity contribution in [2.45, 2.75) is 0 Å². The molecule has 0 aromatic carbocycles.